The van der Waals surface area contributed by atoms with Crippen LogP contribution in [0.5, 0.6) is 5.75 Å². The molecule has 4 nitrogen and oxygen atoms in total. The van der Waals surface area contributed by atoms with Crippen molar-refractivity contribution in [2.75, 3.05) is 13.7 Å². The summed E-state index contributed by atoms with van der Waals surface area (Å²) in [7, 11) is 1.67. The lowest BCUT2D eigenvalue weighted by atomic mass is 10.1. The third-order valence-electron chi connectivity index (χ3n) is 3.19. The van der Waals surface area contributed by atoms with Crippen LogP contribution in [0, 0.1) is 13.8 Å². The van der Waals surface area contributed by atoms with Gasteiger partial charge in [-0.25, -0.2) is 4.98 Å². The molecular formula is C16H22N2O2S. The van der Waals surface area contributed by atoms with Gasteiger partial charge < -0.3 is 15.2 Å². The average Bonchev–Trinajstić information content (AvgIpc) is 2.84. The van der Waals surface area contributed by atoms with E-state index in [0.29, 0.717) is 19.8 Å². The molecule has 2 rings (SSSR count). The summed E-state index contributed by atoms with van der Waals surface area (Å²) in [6, 6.07) is 6.21. The van der Waals surface area contributed by atoms with Crippen molar-refractivity contribution < 1.29 is 9.47 Å². The Morgan fingerprint density at radius 1 is 1.29 bits per heavy atom. The number of rotatable bonds is 7. The van der Waals surface area contributed by atoms with Gasteiger partial charge in [-0.05, 0) is 25.5 Å². The largest absolute Gasteiger partial charge is 0.493 e. The van der Waals surface area contributed by atoms with Crippen LogP contribution in [0.15, 0.2) is 18.2 Å². The van der Waals surface area contributed by atoms with Gasteiger partial charge in [0.05, 0.1) is 23.9 Å². The molecule has 0 saturated carbocycles. The second-order valence-electron chi connectivity index (χ2n) is 4.98. The zero-order valence-electron chi connectivity index (χ0n) is 12.8. The van der Waals surface area contributed by atoms with E-state index in [1.807, 2.05) is 6.07 Å². The van der Waals surface area contributed by atoms with Gasteiger partial charge >= 0.3 is 0 Å². The molecule has 0 amide bonds. The van der Waals surface area contributed by atoms with Crippen LogP contribution >= 0.6 is 11.3 Å². The molecule has 0 unspecified atom stereocenters. The van der Waals surface area contributed by atoms with Crippen LogP contribution in [0.4, 0.5) is 0 Å². The highest BCUT2D eigenvalue weighted by molar-refractivity contribution is 7.11. The van der Waals surface area contributed by atoms with Crippen LogP contribution in [-0.4, -0.2) is 18.7 Å². The van der Waals surface area contributed by atoms with E-state index < -0.39 is 0 Å². The molecule has 0 spiro atoms. The van der Waals surface area contributed by atoms with Crippen molar-refractivity contribution in [3.8, 4) is 5.75 Å². The van der Waals surface area contributed by atoms with Crippen molar-refractivity contribution in [2.24, 2.45) is 5.73 Å². The lowest BCUT2D eigenvalue weighted by Crippen LogP contribution is -2.02. The second kappa shape index (κ2) is 7.54. The highest BCUT2D eigenvalue weighted by atomic mass is 32.1. The van der Waals surface area contributed by atoms with Crippen LogP contribution in [0.1, 0.15) is 26.7 Å². The maximum Gasteiger partial charge on any atom is 0.122 e. The molecule has 114 valence electrons. The minimum Gasteiger partial charge on any atom is -0.493 e. The summed E-state index contributed by atoms with van der Waals surface area (Å²) in [6.45, 7) is 5.79. The number of hydrogen-bond donors (Lipinski definition) is 1. The Labute approximate surface area is 129 Å². The summed E-state index contributed by atoms with van der Waals surface area (Å²) in [5.41, 5.74) is 9.09. The number of thiazole rings is 1. The minimum atomic E-state index is 0.508. The summed E-state index contributed by atoms with van der Waals surface area (Å²) in [5, 5.41) is 1.05. The normalized spacial score (nSPS) is 10.9. The summed E-state index contributed by atoms with van der Waals surface area (Å²) in [4.78, 5) is 5.67. The lowest BCUT2D eigenvalue weighted by molar-refractivity contribution is 0.181. The molecule has 0 radical (unpaired) electrons. The smallest absolute Gasteiger partial charge is 0.122 e. The molecule has 5 heteroatoms. The van der Waals surface area contributed by atoms with Crippen molar-refractivity contribution in [2.45, 2.75) is 33.4 Å². The van der Waals surface area contributed by atoms with Gasteiger partial charge in [-0.2, -0.15) is 0 Å². The van der Waals surface area contributed by atoms with Crippen LogP contribution < -0.4 is 10.5 Å². The van der Waals surface area contributed by atoms with Gasteiger partial charge in [-0.1, -0.05) is 17.7 Å². The summed E-state index contributed by atoms with van der Waals surface area (Å²) in [6.07, 6.45) is 0.786. The standard InChI is InChI=1S/C16H22N2O2S/c1-11-4-5-14(12(2)8-11)20-7-6-16-18-13(10-19-3)15(9-17)21-16/h4-5,8H,6-7,9-10,17H2,1-3H3. The molecule has 2 N–H and O–H groups in total. The van der Waals surface area contributed by atoms with Crippen LogP contribution in [0.2, 0.25) is 0 Å². The average molecular weight is 306 g/mol. The Morgan fingerprint density at radius 2 is 2.10 bits per heavy atom. The number of benzene rings is 1. The Hall–Kier alpha value is -1.43. The third-order valence-corrected chi connectivity index (χ3v) is 4.37. The monoisotopic (exact) mass is 306 g/mol. The Morgan fingerprint density at radius 3 is 2.76 bits per heavy atom. The van der Waals surface area contributed by atoms with E-state index in [-0.39, 0.29) is 0 Å². The minimum absolute atomic E-state index is 0.508. The molecule has 0 aliphatic heterocycles. The number of ether oxygens (including phenoxy) is 2. The molecule has 0 aliphatic carbocycles. The molecule has 21 heavy (non-hydrogen) atoms. The number of hydrogen-bond acceptors (Lipinski definition) is 5. The summed E-state index contributed by atoms with van der Waals surface area (Å²) in [5.74, 6) is 0.938. The molecule has 0 bridgehead atoms. The fraction of sp³-hybridized carbons (Fsp3) is 0.438. The fourth-order valence-electron chi connectivity index (χ4n) is 2.16. The lowest BCUT2D eigenvalue weighted by Gasteiger charge is -2.08. The molecule has 2 aromatic rings. The topological polar surface area (TPSA) is 57.4 Å². The fourth-order valence-corrected chi connectivity index (χ4v) is 3.09. The quantitative estimate of drug-likeness (QED) is 0.854. The van der Waals surface area contributed by atoms with Gasteiger partial charge in [0.2, 0.25) is 0 Å². The van der Waals surface area contributed by atoms with Gasteiger partial charge in [0.15, 0.2) is 0 Å². The van der Waals surface area contributed by atoms with E-state index >= 15 is 0 Å². The van der Waals surface area contributed by atoms with E-state index in [2.05, 4.69) is 31.0 Å². The van der Waals surface area contributed by atoms with Gasteiger partial charge in [-0.3, -0.25) is 0 Å². The van der Waals surface area contributed by atoms with E-state index in [9.17, 15) is 0 Å². The summed E-state index contributed by atoms with van der Waals surface area (Å²) >= 11 is 1.65. The van der Waals surface area contributed by atoms with E-state index in [1.54, 1.807) is 18.4 Å². The number of methoxy groups -OCH3 is 1. The molecule has 1 aromatic heterocycles. The number of nitrogens with two attached hydrogens (primary N) is 1. The molecule has 0 fully saturated rings. The molecule has 1 heterocycles. The molecule has 0 saturated heterocycles. The Bertz CT molecular complexity index is 596. The molecule has 0 aliphatic rings. The number of nitrogens with zero attached hydrogens (tertiary/aromatic N) is 1. The Balaban J connectivity index is 1.94. The first-order valence-corrected chi connectivity index (χ1v) is 7.82. The maximum atomic E-state index is 5.84. The van der Waals surface area contributed by atoms with Crippen molar-refractivity contribution in [3.05, 3.63) is 44.9 Å². The van der Waals surface area contributed by atoms with E-state index in [4.69, 9.17) is 15.2 Å². The van der Waals surface area contributed by atoms with E-state index in [1.165, 1.54) is 5.56 Å². The van der Waals surface area contributed by atoms with Gasteiger partial charge in [0, 0.05) is 25.0 Å². The van der Waals surface area contributed by atoms with Crippen molar-refractivity contribution in [1.29, 1.82) is 0 Å². The first-order chi connectivity index (χ1) is 10.1. The summed E-state index contributed by atoms with van der Waals surface area (Å²) < 4.78 is 11.0. The predicted molar refractivity (Wildman–Crippen MR) is 85.8 cm³/mol. The predicted octanol–water partition coefficient (Wildman–Crippen LogP) is 2.99. The second-order valence-corrected chi connectivity index (χ2v) is 6.15. The third kappa shape index (κ3) is 4.27. The zero-order valence-corrected chi connectivity index (χ0v) is 13.6. The van der Waals surface area contributed by atoms with Gasteiger partial charge in [0.1, 0.15) is 5.75 Å². The Kier molecular flexibility index (Phi) is 5.73. The van der Waals surface area contributed by atoms with Crippen molar-refractivity contribution in [1.82, 2.24) is 4.98 Å². The molecule has 0 atom stereocenters. The first kappa shape index (κ1) is 15.9. The number of aryl methyl sites for hydroxylation is 2. The zero-order chi connectivity index (χ0) is 15.2. The van der Waals surface area contributed by atoms with Crippen molar-refractivity contribution in [3.63, 3.8) is 0 Å². The van der Waals surface area contributed by atoms with Crippen LogP contribution in [0.25, 0.3) is 0 Å². The van der Waals surface area contributed by atoms with Crippen LogP contribution in [0.3, 0.4) is 0 Å². The highest BCUT2D eigenvalue weighted by Gasteiger charge is 2.10. The number of aromatic nitrogens is 1. The molecule has 1 aromatic carbocycles. The SMILES string of the molecule is COCc1nc(CCOc2ccc(C)cc2C)sc1CN. The van der Waals surface area contributed by atoms with Gasteiger partial charge in [0.25, 0.3) is 0 Å². The van der Waals surface area contributed by atoms with E-state index in [0.717, 1.165) is 33.3 Å². The maximum absolute atomic E-state index is 5.84. The highest BCUT2D eigenvalue weighted by Crippen LogP contribution is 2.21. The van der Waals surface area contributed by atoms with Crippen molar-refractivity contribution >= 4 is 11.3 Å². The first-order valence-electron chi connectivity index (χ1n) is 7.00. The molecular weight excluding hydrogens is 284 g/mol. The van der Waals surface area contributed by atoms with Gasteiger partial charge in [-0.15, -0.1) is 11.3 Å². The van der Waals surface area contributed by atoms with Crippen LogP contribution in [-0.2, 0) is 24.3 Å².